The largest absolute Gasteiger partial charge is 0.379 e. The van der Waals surface area contributed by atoms with Crippen molar-refractivity contribution < 1.29 is 14.3 Å². The van der Waals surface area contributed by atoms with E-state index in [9.17, 15) is 9.59 Å². The van der Waals surface area contributed by atoms with Gasteiger partial charge in [0.2, 0.25) is 5.91 Å². The number of ether oxygens (including phenoxy) is 1. The first-order valence-electron chi connectivity index (χ1n) is 8.90. The molecule has 2 rings (SSSR count). The molecule has 0 spiro atoms. The molecule has 6 nitrogen and oxygen atoms in total. The van der Waals surface area contributed by atoms with Crippen molar-refractivity contribution in [2.24, 2.45) is 5.92 Å². The Bertz CT molecular complexity index is 583. The Morgan fingerprint density at radius 2 is 1.96 bits per heavy atom. The molecular formula is C19H29N3O3. The van der Waals surface area contributed by atoms with E-state index in [2.05, 4.69) is 29.4 Å². The van der Waals surface area contributed by atoms with E-state index in [0.717, 1.165) is 32.8 Å². The van der Waals surface area contributed by atoms with Crippen LogP contribution < -0.4 is 10.6 Å². The predicted molar refractivity (Wildman–Crippen MR) is 99.0 cm³/mol. The number of rotatable bonds is 8. The second kappa shape index (κ2) is 9.65. The number of carbonyl (C=O) groups is 2. The van der Waals surface area contributed by atoms with Crippen molar-refractivity contribution in [3.05, 3.63) is 29.8 Å². The van der Waals surface area contributed by atoms with Crippen molar-refractivity contribution in [2.45, 2.75) is 26.8 Å². The van der Waals surface area contributed by atoms with Crippen molar-refractivity contribution in [3.8, 4) is 0 Å². The monoisotopic (exact) mass is 347 g/mol. The molecule has 2 N–H and O–H groups in total. The summed E-state index contributed by atoms with van der Waals surface area (Å²) in [5.74, 6) is 0.310. The molecule has 0 aliphatic carbocycles. The minimum absolute atomic E-state index is 0.0143. The van der Waals surface area contributed by atoms with Crippen molar-refractivity contribution in [1.29, 1.82) is 0 Å². The maximum absolute atomic E-state index is 12.2. The summed E-state index contributed by atoms with van der Waals surface area (Å²) >= 11 is 0. The van der Waals surface area contributed by atoms with Crippen molar-refractivity contribution in [1.82, 2.24) is 10.2 Å². The summed E-state index contributed by atoms with van der Waals surface area (Å²) in [5.41, 5.74) is 1.24. The molecule has 25 heavy (non-hydrogen) atoms. The van der Waals surface area contributed by atoms with Crippen molar-refractivity contribution in [3.63, 3.8) is 0 Å². The first-order chi connectivity index (χ1) is 12.0. The lowest BCUT2D eigenvalue weighted by atomic mass is 10.0. The molecule has 0 aromatic heterocycles. The lowest BCUT2D eigenvalue weighted by Crippen LogP contribution is -2.49. The van der Waals surface area contributed by atoms with E-state index < -0.39 is 0 Å². The third kappa shape index (κ3) is 6.57. The number of morpholine rings is 1. The fourth-order valence-corrected chi connectivity index (χ4v) is 2.82. The van der Waals surface area contributed by atoms with Gasteiger partial charge in [0.15, 0.2) is 5.78 Å². The smallest absolute Gasteiger partial charge is 0.238 e. The van der Waals surface area contributed by atoms with E-state index in [-0.39, 0.29) is 24.3 Å². The van der Waals surface area contributed by atoms with Crippen molar-refractivity contribution >= 4 is 17.4 Å². The number of ketones is 1. The predicted octanol–water partition coefficient (Wildman–Crippen LogP) is 1.77. The third-order valence-electron chi connectivity index (χ3n) is 4.44. The molecular weight excluding hydrogens is 318 g/mol. The molecule has 0 bridgehead atoms. The molecule has 0 saturated carbocycles. The zero-order valence-electron chi connectivity index (χ0n) is 15.4. The van der Waals surface area contributed by atoms with E-state index in [4.69, 9.17) is 4.74 Å². The van der Waals surface area contributed by atoms with Crippen LogP contribution in [0.15, 0.2) is 24.3 Å². The van der Waals surface area contributed by atoms with Gasteiger partial charge < -0.3 is 15.4 Å². The van der Waals surface area contributed by atoms with Crippen LogP contribution in [-0.2, 0) is 9.53 Å². The quantitative estimate of drug-likeness (QED) is 0.702. The minimum Gasteiger partial charge on any atom is -0.379 e. The number of nitrogens with one attached hydrogen (secondary N) is 2. The summed E-state index contributed by atoms with van der Waals surface area (Å²) in [7, 11) is 0. The molecule has 1 aliphatic rings. The van der Waals surface area contributed by atoms with E-state index in [0.29, 0.717) is 17.2 Å². The molecule has 1 aromatic rings. The standard InChI is InChI=1S/C19H29N3O3/c1-14(2)18(13-22-7-9-25-10-8-22)20-12-19(24)21-17-6-4-5-16(11-17)15(3)23/h4-6,11,14,18,20H,7-10,12-13H2,1-3H3,(H,21,24)/t18-/m0/s1. The maximum Gasteiger partial charge on any atom is 0.238 e. The Morgan fingerprint density at radius 3 is 2.60 bits per heavy atom. The highest BCUT2D eigenvalue weighted by Gasteiger charge is 2.20. The van der Waals surface area contributed by atoms with Gasteiger partial charge in [0, 0.05) is 36.9 Å². The molecule has 6 heteroatoms. The van der Waals surface area contributed by atoms with Crippen LogP contribution >= 0.6 is 0 Å². The molecule has 1 aliphatic heterocycles. The second-order valence-electron chi connectivity index (χ2n) is 6.83. The number of hydrogen-bond acceptors (Lipinski definition) is 5. The number of nitrogens with zero attached hydrogens (tertiary/aromatic N) is 1. The SMILES string of the molecule is CC(=O)c1cccc(NC(=O)CN[C@@H](CN2CCOCC2)C(C)C)c1. The Kier molecular flexibility index (Phi) is 7.55. The van der Waals surface area contributed by atoms with Gasteiger partial charge in [-0.15, -0.1) is 0 Å². The van der Waals surface area contributed by atoms with Gasteiger partial charge in [0.05, 0.1) is 19.8 Å². The number of anilines is 1. The minimum atomic E-state index is -0.103. The van der Waals surface area contributed by atoms with E-state index in [1.54, 1.807) is 24.3 Å². The summed E-state index contributed by atoms with van der Waals surface area (Å²) in [6, 6.07) is 7.25. The third-order valence-corrected chi connectivity index (χ3v) is 4.44. The zero-order chi connectivity index (χ0) is 18.2. The summed E-state index contributed by atoms with van der Waals surface area (Å²) in [4.78, 5) is 26.0. The molecule has 1 saturated heterocycles. The van der Waals surface area contributed by atoms with Crippen LogP contribution in [-0.4, -0.2) is 62.0 Å². The average molecular weight is 347 g/mol. The van der Waals surface area contributed by atoms with E-state index in [1.807, 2.05) is 0 Å². The maximum atomic E-state index is 12.2. The van der Waals surface area contributed by atoms with Crippen molar-refractivity contribution in [2.75, 3.05) is 44.7 Å². The molecule has 0 radical (unpaired) electrons. The number of benzene rings is 1. The van der Waals surface area contributed by atoms with Gasteiger partial charge in [0.25, 0.3) is 0 Å². The highest BCUT2D eigenvalue weighted by atomic mass is 16.5. The molecule has 1 heterocycles. The fraction of sp³-hybridized carbons (Fsp3) is 0.579. The van der Waals surface area contributed by atoms with Crippen LogP contribution in [0.5, 0.6) is 0 Å². The number of Topliss-reactive ketones (excluding diaryl/α,β-unsaturated/α-hetero) is 1. The zero-order valence-corrected chi connectivity index (χ0v) is 15.4. The molecule has 1 amide bonds. The average Bonchev–Trinajstić information content (AvgIpc) is 2.59. The second-order valence-corrected chi connectivity index (χ2v) is 6.83. The number of carbonyl (C=O) groups excluding carboxylic acids is 2. The normalized spacial score (nSPS) is 16.6. The van der Waals surface area contributed by atoms with E-state index in [1.165, 1.54) is 6.92 Å². The van der Waals surface area contributed by atoms with Gasteiger partial charge in [-0.25, -0.2) is 0 Å². The lowest BCUT2D eigenvalue weighted by Gasteiger charge is -2.32. The Hall–Kier alpha value is -1.76. The first kappa shape index (κ1) is 19.6. The highest BCUT2D eigenvalue weighted by molar-refractivity contribution is 5.97. The summed E-state index contributed by atoms with van der Waals surface area (Å²) in [5, 5.41) is 6.21. The molecule has 1 fully saturated rings. The summed E-state index contributed by atoms with van der Waals surface area (Å²) in [6.07, 6.45) is 0. The van der Waals surface area contributed by atoms with Crippen LogP contribution in [0.3, 0.4) is 0 Å². The highest BCUT2D eigenvalue weighted by Crippen LogP contribution is 2.11. The van der Waals surface area contributed by atoms with Crippen LogP contribution in [0.4, 0.5) is 5.69 Å². The molecule has 1 aromatic carbocycles. The summed E-state index contributed by atoms with van der Waals surface area (Å²) < 4.78 is 5.38. The Morgan fingerprint density at radius 1 is 1.24 bits per heavy atom. The summed E-state index contributed by atoms with van der Waals surface area (Å²) in [6.45, 7) is 10.4. The number of hydrogen-bond donors (Lipinski definition) is 2. The van der Waals surface area contributed by atoms with Gasteiger partial charge in [0.1, 0.15) is 0 Å². The Labute approximate surface area is 149 Å². The fourth-order valence-electron chi connectivity index (χ4n) is 2.82. The van der Waals surface area contributed by atoms with Crippen LogP contribution in [0.25, 0.3) is 0 Å². The van der Waals surface area contributed by atoms with Gasteiger partial charge in [-0.1, -0.05) is 26.0 Å². The van der Waals surface area contributed by atoms with Gasteiger partial charge >= 0.3 is 0 Å². The van der Waals surface area contributed by atoms with Crippen LogP contribution in [0, 0.1) is 5.92 Å². The van der Waals surface area contributed by atoms with Gasteiger partial charge in [-0.3, -0.25) is 14.5 Å². The first-order valence-corrected chi connectivity index (χ1v) is 8.90. The van der Waals surface area contributed by atoms with Gasteiger partial charge in [-0.2, -0.15) is 0 Å². The Balaban J connectivity index is 1.83. The number of amides is 1. The van der Waals surface area contributed by atoms with Gasteiger partial charge in [-0.05, 0) is 25.0 Å². The topological polar surface area (TPSA) is 70.7 Å². The van der Waals surface area contributed by atoms with Crippen LogP contribution in [0.2, 0.25) is 0 Å². The lowest BCUT2D eigenvalue weighted by molar-refractivity contribution is -0.115. The van der Waals surface area contributed by atoms with Crippen LogP contribution in [0.1, 0.15) is 31.1 Å². The molecule has 1 atom stereocenters. The van der Waals surface area contributed by atoms with E-state index >= 15 is 0 Å². The molecule has 138 valence electrons. The molecule has 0 unspecified atom stereocenters.